The summed E-state index contributed by atoms with van der Waals surface area (Å²) in [6.07, 6.45) is 1.78. The maximum absolute atomic E-state index is 12.0. The minimum absolute atomic E-state index is 0.0827. The first-order chi connectivity index (χ1) is 8.54. The highest BCUT2D eigenvalue weighted by atomic mass is 32.1. The summed E-state index contributed by atoms with van der Waals surface area (Å²) < 4.78 is 2.33. The van der Waals surface area contributed by atoms with E-state index in [4.69, 9.17) is 12.2 Å². The summed E-state index contributed by atoms with van der Waals surface area (Å²) in [4.78, 5) is 16.1. The Hall–Kier alpha value is -1.40. The van der Waals surface area contributed by atoms with Crippen molar-refractivity contribution in [1.82, 2.24) is 9.55 Å². The Labute approximate surface area is 111 Å². The monoisotopic (exact) mass is 267 g/mol. The van der Waals surface area contributed by atoms with Crippen molar-refractivity contribution < 1.29 is 4.90 Å². The Morgan fingerprint density at radius 1 is 1.61 bits per heavy atom. The number of H-pyrrole nitrogens is 1. The van der Waals surface area contributed by atoms with E-state index >= 15 is 0 Å². The predicted molar refractivity (Wildman–Crippen MR) is 74.4 cm³/mol. The first-order valence-corrected chi connectivity index (χ1v) is 6.50. The van der Waals surface area contributed by atoms with Crippen LogP contribution in [0.2, 0.25) is 0 Å². The molecule has 98 valence electrons. The third-order valence-electron chi connectivity index (χ3n) is 3.31. The lowest BCUT2D eigenvalue weighted by Crippen LogP contribution is -3.15. The predicted octanol–water partition coefficient (Wildman–Crippen LogP) is 0.268. The molecule has 1 aromatic heterocycles. The fourth-order valence-corrected chi connectivity index (χ4v) is 2.44. The molecule has 1 unspecified atom stereocenters. The van der Waals surface area contributed by atoms with Crippen molar-refractivity contribution in [2.45, 2.75) is 33.0 Å². The summed E-state index contributed by atoms with van der Waals surface area (Å²) in [6, 6.07) is 0.473. The zero-order valence-corrected chi connectivity index (χ0v) is 11.6. The van der Waals surface area contributed by atoms with Crippen LogP contribution in [0, 0.1) is 4.77 Å². The van der Waals surface area contributed by atoms with Crippen LogP contribution in [0.4, 0.5) is 5.82 Å². The standard InChI is InChI=1S/C12H18N4OS/c1-4-5-16-10-9(11(17)14-12(16)18)6-15(7-13-10)8(2)3/h4,8,13H,1,5-7H2,2-3H3,(H,14,17,18)/p+1. The number of nitrogens with one attached hydrogen (secondary N) is 3. The molecule has 5 nitrogen and oxygen atoms in total. The zero-order valence-electron chi connectivity index (χ0n) is 10.7. The molecule has 0 aromatic carbocycles. The third kappa shape index (κ3) is 2.26. The Morgan fingerprint density at radius 3 is 2.94 bits per heavy atom. The number of quaternary nitrogens is 1. The van der Waals surface area contributed by atoms with Gasteiger partial charge < -0.3 is 14.8 Å². The van der Waals surface area contributed by atoms with E-state index in [1.807, 2.05) is 4.57 Å². The van der Waals surface area contributed by atoms with E-state index in [1.165, 1.54) is 4.90 Å². The Morgan fingerprint density at radius 2 is 2.33 bits per heavy atom. The van der Waals surface area contributed by atoms with Gasteiger partial charge in [-0.05, 0) is 26.1 Å². The van der Waals surface area contributed by atoms with Crippen molar-refractivity contribution in [2.75, 3.05) is 12.0 Å². The molecule has 0 fully saturated rings. The molecule has 1 aliphatic heterocycles. The van der Waals surface area contributed by atoms with Crippen molar-refractivity contribution in [3.63, 3.8) is 0 Å². The first kappa shape index (κ1) is 13.0. The molecule has 1 atom stereocenters. The van der Waals surface area contributed by atoms with Crippen LogP contribution in [0.3, 0.4) is 0 Å². The second-order valence-electron chi connectivity index (χ2n) is 4.83. The number of fused-ring (bicyclic) bond motifs is 1. The Bertz CT molecular complexity index is 572. The smallest absolute Gasteiger partial charge is 0.262 e. The summed E-state index contributed by atoms with van der Waals surface area (Å²) in [5, 5.41) is 3.32. The molecule has 0 saturated carbocycles. The normalized spacial score (nSPS) is 18.3. The zero-order chi connectivity index (χ0) is 13.3. The van der Waals surface area contributed by atoms with Gasteiger partial charge in [0.2, 0.25) is 0 Å². The van der Waals surface area contributed by atoms with Crippen LogP contribution in [0.5, 0.6) is 0 Å². The molecular weight excluding hydrogens is 248 g/mol. The number of anilines is 1. The lowest BCUT2D eigenvalue weighted by atomic mass is 10.2. The van der Waals surface area contributed by atoms with Crippen LogP contribution in [-0.2, 0) is 13.1 Å². The molecule has 2 rings (SSSR count). The van der Waals surface area contributed by atoms with Gasteiger partial charge in [-0.15, -0.1) is 6.58 Å². The van der Waals surface area contributed by atoms with E-state index in [0.29, 0.717) is 17.4 Å². The fraction of sp³-hybridized carbons (Fsp3) is 0.500. The van der Waals surface area contributed by atoms with Crippen LogP contribution >= 0.6 is 12.2 Å². The molecular formula is C12H19N4OS+. The molecule has 6 heteroatoms. The van der Waals surface area contributed by atoms with Crippen molar-refractivity contribution >= 4 is 18.0 Å². The largest absolute Gasteiger partial charge is 0.324 e. The lowest BCUT2D eigenvalue weighted by Gasteiger charge is -2.30. The summed E-state index contributed by atoms with van der Waals surface area (Å²) in [5.41, 5.74) is 0.695. The molecule has 1 aromatic rings. The van der Waals surface area contributed by atoms with Gasteiger partial charge >= 0.3 is 0 Å². The SMILES string of the molecule is C=CCn1c2c(c(=O)[nH]c1=S)C[NH+](C(C)C)CN2. The lowest BCUT2D eigenvalue weighted by molar-refractivity contribution is -0.933. The highest BCUT2D eigenvalue weighted by Gasteiger charge is 2.25. The molecule has 3 N–H and O–H groups in total. The van der Waals surface area contributed by atoms with E-state index in [9.17, 15) is 4.79 Å². The van der Waals surface area contributed by atoms with Crippen molar-refractivity contribution in [2.24, 2.45) is 0 Å². The number of hydrogen-bond donors (Lipinski definition) is 3. The van der Waals surface area contributed by atoms with Crippen LogP contribution in [0.1, 0.15) is 19.4 Å². The molecule has 0 aliphatic carbocycles. The topological polar surface area (TPSA) is 54.3 Å². The van der Waals surface area contributed by atoms with E-state index < -0.39 is 0 Å². The number of aromatic nitrogens is 2. The molecule has 2 heterocycles. The molecule has 0 spiro atoms. The van der Waals surface area contributed by atoms with Gasteiger partial charge in [0.15, 0.2) is 11.4 Å². The quantitative estimate of drug-likeness (QED) is 0.544. The van der Waals surface area contributed by atoms with Gasteiger partial charge in [0.25, 0.3) is 5.56 Å². The van der Waals surface area contributed by atoms with Gasteiger partial charge in [0, 0.05) is 6.54 Å². The minimum atomic E-state index is -0.0827. The van der Waals surface area contributed by atoms with E-state index in [-0.39, 0.29) is 5.56 Å². The van der Waals surface area contributed by atoms with Gasteiger partial charge in [-0.2, -0.15) is 0 Å². The van der Waals surface area contributed by atoms with Crippen molar-refractivity contribution in [3.05, 3.63) is 33.3 Å². The summed E-state index contributed by atoms with van der Waals surface area (Å²) in [6.45, 7) is 10.1. The number of nitrogens with zero attached hydrogens (tertiary/aromatic N) is 1. The fourth-order valence-electron chi connectivity index (χ4n) is 2.18. The average molecular weight is 267 g/mol. The van der Waals surface area contributed by atoms with Crippen molar-refractivity contribution in [1.29, 1.82) is 0 Å². The van der Waals surface area contributed by atoms with Crippen LogP contribution in [-0.4, -0.2) is 22.3 Å². The van der Waals surface area contributed by atoms with E-state index in [0.717, 1.165) is 24.6 Å². The Kier molecular flexibility index (Phi) is 3.68. The summed E-state index contributed by atoms with van der Waals surface area (Å²) in [5.74, 6) is 0.841. The number of hydrogen-bond acceptors (Lipinski definition) is 3. The second kappa shape index (κ2) is 5.07. The maximum atomic E-state index is 12.0. The number of aromatic amines is 1. The maximum Gasteiger partial charge on any atom is 0.262 e. The van der Waals surface area contributed by atoms with Crippen LogP contribution < -0.4 is 15.8 Å². The molecule has 0 saturated heterocycles. The molecule has 0 amide bonds. The van der Waals surface area contributed by atoms with Gasteiger partial charge in [-0.25, -0.2) is 0 Å². The summed E-state index contributed by atoms with van der Waals surface area (Å²) in [7, 11) is 0. The van der Waals surface area contributed by atoms with Gasteiger partial charge in [-0.1, -0.05) is 6.08 Å². The molecule has 18 heavy (non-hydrogen) atoms. The van der Waals surface area contributed by atoms with Gasteiger partial charge in [0.05, 0.1) is 6.04 Å². The average Bonchev–Trinajstić information content (AvgIpc) is 2.33. The first-order valence-electron chi connectivity index (χ1n) is 6.10. The third-order valence-corrected chi connectivity index (χ3v) is 3.63. The molecule has 1 aliphatic rings. The van der Waals surface area contributed by atoms with Gasteiger partial charge in [0.1, 0.15) is 17.9 Å². The van der Waals surface area contributed by atoms with E-state index in [2.05, 4.69) is 30.7 Å². The molecule has 0 bridgehead atoms. The van der Waals surface area contributed by atoms with Crippen molar-refractivity contribution in [3.8, 4) is 0 Å². The van der Waals surface area contributed by atoms with Crippen LogP contribution in [0.15, 0.2) is 17.4 Å². The van der Waals surface area contributed by atoms with Gasteiger partial charge in [-0.3, -0.25) is 9.78 Å². The summed E-state index contributed by atoms with van der Waals surface area (Å²) >= 11 is 5.18. The molecule has 0 radical (unpaired) electrons. The Balaban J connectivity index is 2.52. The van der Waals surface area contributed by atoms with Crippen LogP contribution in [0.25, 0.3) is 0 Å². The van der Waals surface area contributed by atoms with E-state index in [1.54, 1.807) is 6.08 Å². The number of allylic oxidation sites excluding steroid dienone is 1. The highest BCUT2D eigenvalue weighted by Crippen LogP contribution is 2.13. The number of rotatable bonds is 3. The second-order valence-corrected chi connectivity index (χ2v) is 5.22. The highest BCUT2D eigenvalue weighted by molar-refractivity contribution is 7.71. The minimum Gasteiger partial charge on any atom is -0.324 e.